The molecular weight excluding hydrogens is 290 g/mol. The van der Waals surface area contributed by atoms with E-state index in [9.17, 15) is 0 Å². The predicted molar refractivity (Wildman–Crippen MR) is 79.0 cm³/mol. The Kier molecular flexibility index (Phi) is 4.84. The second-order valence-corrected chi connectivity index (χ2v) is 5.66. The van der Waals surface area contributed by atoms with E-state index in [0.29, 0.717) is 12.6 Å². The first-order chi connectivity index (χ1) is 8.70. The average molecular weight is 310 g/mol. The molecule has 1 aliphatic carbocycles. The fourth-order valence-electron chi connectivity index (χ4n) is 1.91. The predicted octanol–water partition coefficient (Wildman–Crippen LogP) is 3.96. The van der Waals surface area contributed by atoms with Crippen LogP contribution in [-0.4, -0.2) is 12.6 Å². The molecule has 98 valence electrons. The van der Waals surface area contributed by atoms with Crippen LogP contribution in [0.4, 0.5) is 0 Å². The summed E-state index contributed by atoms with van der Waals surface area (Å²) in [5.74, 6) is 1.02. The van der Waals surface area contributed by atoms with Crippen LogP contribution in [-0.2, 0) is 6.54 Å². The van der Waals surface area contributed by atoms with Crippen LogP contribution in [0.15, 0.2) is 28.8 Å². The molecular formula is C15H20BrNO. The molecule has 1 aromatic rings. The summed E-state index contributed by atoms with van der Waals surface area (Å²) in [7, 11) is 0. The van der Waals surface area contributed by atoms with Gasteiger partial charge in [-0.1, -0.05) is 28.1 Å². The van der Waals surface area contributed by atoms with E-state index < -0.39 is 0 Å². The Hall–Kier alpha value is -0.800. The number of nitrogens with one attached hydrogen (secondary N) is 1. The van der Waals surface area contributed by atoms with Gasteiger partial charge >= 0.3 is 0 Å². The van der Waals surface area contributed by atoms with Gasteiger partial charge in [-0.25, -0.2) is 0 Å². The lowest BCUT2D eigenvalue weighted by molar-refractivity contribution is 0.354. The van der Waals surface area contributed by atoms with Gasteiger partial charge < -0.3 is 10.1 Å². The van der Waals surface area contributed by atoms with Crippen LogP contribution in [0.1, 0.15) is 30.9 Å². The highest BCUT2D eigenvalue weighted by Crippen LogP contribution is 2.29. The maximum absolute atomic E-state index is 5.87. The fraction of sp³-hybridized carbons (Fsp3) is 0.467. The van der Waals surface area contributed by atoms with Crippen molar-refractivity contribution >= 4 is 15.9 Å². The largest absolute Gasteiger partial charge is 0.489 e. The summed E-state index contributed by atoms with van der Waals surface area (Å²) in [6, 6.07) is 4.96. The highest BCUT2D eigenvalue weighted by Gasteiger charge is 2.21. The Labute approximate surface area is 118 Å². The molecule has 0 aliphatic heterocycles. The molecule has 0 spiro atoms. The zero-order valence-electron chi connectivity index (χ0n) is 11.0. The van der Waals surface area contributed by atoms with Gasteiger partial charge in [0.05, 0.1) is 0 Å². The van der Waals surface area contributed by atoms with Gasteiger partial charge in [0.25, 0.3) is 0 Å². The van der Waals surface area contributed by atoms with Crippen molar-refractivity contribution in [3.05, 3.63) is 39.9 Å². The number of allylic oxidation sites excluding steroid dienone is 1. The number of benzene rings is 1. The Morgan fingerprint density at radius 1 is 1.44 bits per heavy atom. The summed E-state index contributed by atoms with van der Waals surface area (Å²) in [6.07, 6.45) is 6.65. The molecule has 1 N–H and O–H groups in total. The lowest BCUT2D eigenvalue weighted by Crippen LogP contribution is -2.16. The third kappa shape index (κ3) is 3.85. The zero-order chi connectivity index (χ0) is 13.0. The molecule has 1 saturated carbocycles. The van der Waals surface area contributed by atoms with Gasteiger partial charge in [-0.15, -0.1) is 0 Å². The molecule has 0 heterocycles. The topological polar surface area (TPSA) is 21.3 Å². The average Bonchev–Trinajstić information content (AvgIpc) is 3.13. The summed E-state index contributed by atoms with van der Waals surface area (Å²) >= 11 is 3.55. The van der Waals surface area contributed by atoms with Crippen LogP contribution in [0.5, 0.6) is 5.75 Å². The summed E-state index contributed by atoms with van der Waals surface area (Å²) < 4.78 is 6.99. The zero-order valence-corrected chi connectivity index (χ0v) is 12.6. The maximum atomic E-state index is 5.87. The molecule has 0 bridgehead atoms. The summed E-state index contributed by atoms with van der Waals surface area (Å²) in [5.41, 5.74) is 2.42. The summed E-state index contributed by atoms with van der Waals surface area (Å²) in [6.45, 7) is 5.62. The van der Waals surface area contributed by atoms with Gasteiger partial charge in [0, 0.05) is 22.6 Å². The molecule has 1 aliphatic rings. The molecule has 0 aromatic heterocycles. The van der Waals surface area contributed by atoms with E-state index >= 15 is 0 Å². The van der Waals surface area contributed by atoms with Gasteiger partial charge in [0.2, 0.25) is 0 Å². The van der Waals surface area contributed by atoms with Gasteiger partial charge in [-0.05, 0) is 44.4 Å². The smallest absolute Gasteiger partial charge is 0.127 e. The molecule has 0 radical (unpaired) electrons. The molecule has 0 amide bonds. The second-order valence-electron chi connectivity index (χ2n) is 4.75. The minimum absolute atomic E-state index is 0.634. The minimum atomic E-state index is 0.634. The third-order valence-corrected chi connectivity index (χ3v) is 3.49. The number of hydrogen-bond donors (Lipinski definition) is 1. The van der Waals surface area contributed by atoms with Crippen LogP contribution in [0, 0.1) is 6.92 Å². The Bertz CT molecular complexity index is 438. The fourth-order valence-corrected chi connectivity index (χ4v) is 2.53. The van der Waals surface area contributed by atoms with E-state index in [-0.39, 0.29) is 0 Å². The number of hydrogen-bond acceptors (Lipinski definition) is 2. The number of halogens is 1. The van der Waals surface area contributed by atoms with Crippen molar-refractivity contribution in [2.75, 3.05) is 6.61 Å². The van der Waals surface area contributed by atoms with Crippen molar-refractivity contribution in [3.8, 4) is 5.75 Å². The van der Waals surface area contributed by atoms with Gasteiger partial charge in [-0.2, -0.15) is 0 Å². The van der Waals surface area contributed by atoms with Crippen molar-refractivity contribution in [1.82, 2.24) is 5.32 Å². The van der Waals surface area contributed by atoms with E-state index in [4.69, 9.17) is 4.74 Å². The van der Waals surface area contributed by atoms with E-state index in [1.165, 1.54) is 24.0 Å². The Morgan fingerprint density at radius 3 is 2.89 bits per heavy atom. The highest BCUT2D eigenvalue weighted by molar-refractivity contribution is 9.10. The van der Waals surface area contributed by atoms with Crippen LogP contribution in [0.25, 0.3) is 0 Å². The van der Waals surface area contributed by atoms with E-state index in [0.717, 1.165) is 16.8 Å². The van der Waals surface area contributed by atoms with Crippen molar-refractivity contribution in [3.63, 3.8) is 0 Å². The normalized spacial score (nSPS) is 15.3. The molecule has 2 nitrogen and oxygen atoms in total. The minimum Gasteiger partial charge on any atom is -0.489 e. The van der Waals surface area contributed by atoms with E-state index in [1.54, 1.807) is 0 Å². The maximum Gasteiger partial charge on any atom is 0.127 e. The number of ether oxygens (including phenoxy) is 1. The molecule has 18 heavy (non-hydrogen) atoms. The standard InChI is InChI=1S/C15H20BrNO/c1-3-4-7-18-15-11(2)8-13(16)9-12(15)10-17-14-5-6-14/h3-4,8-9,14,17H,5-7,10H2,1-2H3/b4-3+. The van der Waals surface area contributed by atoms with Crippen LogP contribution in [0.3, 0.4) is 0 Å². The monoisotopic (exact) mass is 309 g/mol. The Morgan fingerprint density at radius 2 is 2.22 bits per heavy atom. The third-order valence-electron chi connectivity index (χ3n) is 3.03. The van der Waals surface area contributed by atoms with Gasteiger partial charge in [0.15, 0.2) is 0 Å². The van der Waals surface area contributed by atoms with Gasteiger partial charge in [0.1, 0.15) is 12.4 Å². The van der Waals surface area contributed by atoms with E-state index in [2.05, 4.69) is 40.3 Å². The molecule has 0 atom stereocenters. The first-order valence-electron chi connectivity index (χ1n) is 6.47. The van der Waals surface area contributed by atoms with Crippen LogP contribution >= 0.6 is 15.9 Å². The van der Waals surface area contributed by atoms with Crippen molar-refractivity contribution < 1.29 is 4.74 Å². The van der Waals surface area contributed by atoms with Crippen molar-refractivity contribution in [2.24, 2.45) is 0 Å². The molecule has 2 rings (SSSR count). The summed E-state index contributed by atoms with van der Waals surface area (Å²) in [4.78, 5) is 0. The molecule has 1 fully saturated rings. The summed E-state index contributed by atoms with van der Waals surface area (Å²) in [5, 5.41) is 3.54. The molecule has 3 heteroatoms. The molecule has 1 aromatic carbocycles. The first-order valence-corrected chi connectivity index (χ1v) is 7.26. The Balaban J connectivity index is 2.11. The van der Waals surface area contributed by atoms with Crippen LogP contribution in [0.2, 0.25) is 0 Å². The number of rotatable bonds is 6. The van der Waals surface area contributed by atoms with Gasteiger partial charge in [-0.3, -0.25) is 0 Å². The lowest BCUT2D eigenvalue weighted by atomic mass is 10.1. The van der Waals surface area contributed by atoms with Crippen LogP contribution < -0.4 is 10.1 Å². The van der Waals surface area contributed by atoms with Crippen molar-refractivity contribution in [2.45, 2.75) is 39.3 Å². The van der Waals surface area contributed by atoms with Crippen molar-refractivity contribution in [1.29, 1.82) is 0 Å². The SMILES string of the molecule is C/C=C/COc1c(C)cc(Br)cc1CNC1CC1. The highest BCUT2D eigenvalue weighted by atomic mass is 79.9. The lowest BCUT2D eigenvalue weighted by Gasteiger charge is -2.14. The van der Waals surface area contributed by atoms with E-state index in [1.807, 2.05) is 19.1 Å². The second kappa shape index (κ2) is 6.39. The quantitative estimate of drug-likeness (QED) is 0.803. The molecule has 0 saturated heterocycles. The molecule has 0 unspecified atom stereocenters. The number of aryl methyl sites for hydroxylation is 1. The first kappa shape index (κ1) is 13.6.